The number of benzene rings is 1. The first-order valence-corrected chi connectivity index (χ1v) is 18.4. The molecule has 9 N–H and O–H groups in total. The molecule has 1 aromatic heterocycles. The number of nitrogens with two attached hydrogens (primary N) is 2. The highest BCUT2D eigenvalue weighted by Crippen LogP contribution is 2.36. The number of amides is 2. The van der Waals surface area contributed by atoms with E-state index in [1.54, 1.807) is 12.1 Å². The van der Waals surface area contributed by atoms with Crippen LogP contribution < -0.4 is 26.8 Å². The number of hydrogen-bond acceptors (Lipinski definition) is 14. The van der Waals surface area contributed by atoms with E-state index in [1.165, 1.54) is 26.2 Å². The Morgan fingerprint density at radius 3 is 2.51 bits per heavy atom. The minimum Gasteiger partial charge on any atom is -0.485 e. The number of hydroxylamine groups is 2. The first kappa shape index (κ1) is 37.9. The number of thiazole rings is 1. The van der Waals surface area contributed by atoms with E-state index < -0.39 is 57.2 Å². The summed E-state index contributed by atoms with van der Waals surface area (Å²) in [6, 6.07) is 3.90. The Hall–Kier alpha value is -4.37. The van der Waals surface area contributed by atoms with Crippen LogP contribution >= 0.6 is 11.3 Å². The lowest BCUT2D eigenvalue weighted by molar-refractivity contribution is -0.218. The highest BCUT2D eigenvalue weighted by atomic mass is 32.3. The molecule has 1 aromatic carbocycles. The molecule has 0 bridgehead atoms. The van der Waals surface area contributed by atoms with Crippen LogP contribution in [0.5, 0.6) is 5.75 Å². The van der Waals surface area contributed by atoms with Gasteiger partial charge in [0.05, 0.1) is 5.54 Å². The number of β-lactam (4-membered cyclic amide) rings is 1. The molecule has 5 rings (SSSR count). The fourth-order valence-corrected chi connectivity index (χ4v) is 7.38. The number of ether oxygens (including phenoxy) is 1. The van der Waals surface area contributed by atoms with Gasteiger partial charge in [-0.1, -0.05) is 5.16 Å². The number of amidine groups is 1. The van der Waals surface area contributed by atoms with Gasteiger partial charge in [-0.05, 0) is 102 Å². The number of rotatable bonds is 12. The molecule has 0 radical (unpaired) electrons. The summed E-state index contributed by atoms with van der Waals surface area (Å²) in [6.45, 7) is 6.76. The van der Waals surface area contributed by atoms with E-state index in [-0.39, 0.29) is 28.6 Å². The van der Waals surface area contributed by atoms with Gasteiger partial charge in [0.15, 0.2) is 16.9 Å². The van der Waals surface area contributed by atoms with Crippen molar-refractivity contribution in [1.29, 1.82) is 5.41 Å². The number of oxime groups is 1. The molecule has 2 amide bonds. The van der Waals surface area contributed by atoms with Crippen LogP contribution in [0.1, 0.15) is 76.6 Å². The molecular weight excluding hydrogens is 709 g/mol. The Morgan fingerprint density at radius 1 is 1.25 bits per heavy atom. The number of carbonyl (C=O) groups is 3. The fraction of sp³-hybridized carbons (Fsp3) is 0.548. The molecule has 2 fully saturated rings. The number of nitrogens with zero attached hydrogens (tertiary/aromatic N) is 3. The van der Waals surface area contributed by atoms with Crippen molar-refractivity contribution in [3.8, 4) is 5.75 Å². The smallest absolute Gasteiger partial charge is 0.418 e. The van der Waals surface area contributed by atoms with Gasteiger partial charge in [0.2, 0.25) is 0 Å². The molecule has 51 heavy (non-hydrogen) atoms. The van der Waals surface area contributed by atoms with Crippen molar-refractivity contribution in [2.75, 3.05) is 12.3 Å². The number of anilines is 1. The average Bonchev–Trinajstić information content (AvgIpc) is 3.50. The summed E-state index contributed by atoms with van der Waals surface area (Å²) in [5.74, 6) is -2.27. The summed E-state index contributed by atoms with van der Waals surface area (Å²) in [6.07, 6.45) is 3.31. The van der Waals surface area contributed by atoms with Crippen LogP contribution in [0.15, 0.2) is 28.7 Å². The van der Waals surface area contributed by atoms with Crippen molar-refractivity contribution in [3.05, 3.63) is 40.4 Å². The molecule has 278 valence electrons. The summed E-state index contributed by atoms with van der Waals surface area (Å²) < 4.78 is 41.8. The molecule has 3 aliphatic rings. The van der Waals surface area contributed by atoms with Crippen molar-refractivity contribution in [3.63, 3.8) is 0 Å². The van der Waals surface area contributed by atoms with Gasteiger partial charge in [0.1, 0.15) is 23.3 Å². The van der Waals surface area contributed by atoms with E-state index in [2.05, 4.69) is 32.0 Å². The number of aliphatic carboxylic acids is 1. The number of carbonyl (C=O) groups excluding carboxylic acids is 2. The van der Waals surface area contributed by atoms with Gasteiger partial charge in [-0.25, -0.2) is 9.78 Å². The normalized spacial score (nSPS) is 25.8. The summed E-state index contributed by atoms with van der Waals surface area (Å²) in [4.78, 5) is 48.5. The predicted octanol–water partition coefficient (Wildman–Crippen LogP) is 1.35. The lowest BCUT2D eigenvalue weighted by Crippen LogP contribution is -2.76. The molecule has 20 heteroatoms. The molecule has 1 aliphatic carbocycles. The quantitative estimate of drug-likeness (QED) is 0.0530. The Morgan fingerprint density at radius 2 is 1.94 bits per heavy atom. The minimum absolute atomic E-state index is 0.0576. The molecule has 2 aromatic rings. The highest BCUT2D eigenvalue weighted by Gasteiger charge is 2.58. The molecule has 3 atom stereocenters. The van der Waals surface area contributed by atoms with Gasteiger partial charge in [-0.2, -0.15) is 13.5 Å². The Kier molecular flexibility index (Phi) is 10.4. The maximum Gasteiger partial charge on any atom is 0.418 e. The van der Waals surface area contributed by atoms with Crippen molar-refractivity contribution >= 4 is 56.2 Å². The maximum absolute atomic E-state index is 13.5. The van der Waals surface area contributed by atoms with Crippen LogP contribution in [-0.2, 0) is 40.3 Å². The molecule has 1 saturated heterocycles. The number of nitrogens with one attached hydrogen (secondary N) is 3. The second-order valence-corrected chi connectivity index (χ2v) is 15.8. The predicted molar refractivity (Wildman–Crippen MR) is 184 cm³/mol. The third-order valence-electron chi connectivity index (χ3n) is 9.73. The van der Waals surface area contributed by atoms with Crippen molar-refractivity contribution in [1.82, 2.24) is 20.7 Å². The van der Waals surface area contributed by atoms with E-state index in [0.717, 1.165) is 42.6 Å². The zero-order valence-electron chi connectivity index (χ0n) is 28.5. The molecule has 3 unspecified atom stereocenters. The van der Waals surface area contributed by atoms with E-state index >= 15 is 0 Å². The number of nitrogen functional groups attached to an aromatic ring is 1. The maximum atomic E-state index is 13.5. The van der Waals surface area contributed by atoms with E-state index in [0.29, 0.717) is 35.3 Å². The summed E-state index contributed by atoms with van der Waals surface area (Å²) in [7, 11) is -5.03. The van der Waals surface area contributed by atoms with Crippen LogP contribution in [0.25, 0.3) is 0 Å². The number of carboxylic acid groups (broad SMARTS) is 1. The van der Waals surface area contributed by atoms with Crippen LogP contribution in [0.3, 0.4) is 0 Å². The number of aryl methyl sites for hydroxylation is 1. The number of aromatic nitrogens is 1. The van der Waals surface area contributed by atoms with Gasteiger partial charge in [0.25, 0.3) is 17.4 Å². The first-order valence-electron chi connectivity index (χ1n) is 16.2. The molecule has 2 aliphatic heterocycles. The molecule has 0 spiro atoms. The highest BCUT2D eigenvalue weighted by molar-refractivity contribution is 7.80. The largest absolute Gasteiger partial charge is 0.485 e. The molecule has 3 heterocycles. The van der Waals surface area contributed by atoms with Gasteiger partial charge >= 0.3 is 16.4 Å². The van der Waals surface area contributed by atoms with Gasteiger partial charge in [-0.15, -0.1) is 15.6 Å². The summed E-state index contributed by atoms with van der Waals surface area (Å²) >= 11 is 0.965. The van der Waals surface area contributed by atoms with E-state index in [1.807, 2.05) is 6.07 Å². The Balaban J connectivity index is 1.32. The number of carboxylic acids is 1. The van der Waals surface area contributed by atoms with E-state index in [9.17, 15) is 27.9 Å². The van der Waals surface area contributed by atoms with Crippen LogP contribution in [0, 0.1) is 11.3 Å². The van der Waals surface area contributed by atoms with Gasteiger partial charge in [0, 0.05) is 16.5 Å². The number of fused-ring (bicyclic) bond motifs is 1. The minimum atomic E-state index is -5.03. The van der Waals surface area contributed by atoms with Crippen molar-refractivity contribution in [2.45, 2.75) is 95.0 Å². The zero-order chi connectivity index (χ0) is 37.5. The standard InChI is InChI=1S/C31H42N8O10S2/c1-29(2)23(26(41)39(29)49-51(44,45)46)36-25(40)22(19-15-50-28(34)35-19)38-48-31(4,27(42)43)21-8-6-17-13-18(5-7-20(17)47-21)24(33)37-30(3)11-9-16(14-32)10-12-30/h5,7,13,15-16,21,23H,6,8-12,14,32H2,1-4H3,(H2,33,37)(H2,34,35)(H,36,40)(H,42,43)(H,44,45,46). The molecular formula is C31H42N8O10S2. The molecule has 18 nitrogen and oxygen atoms in total. The lowest BCUT2D eigenvalue weighted by atomic mass is 9.77. The SMILES string of the molecule is CC1(NC(=N)c2ccc3c(c2)CCC(C(C)(ON=C(C(=O)NC2C(=O)N(OS(=O)(=O)O)C2(C)C)c2csc(N)n2)C(=O)O)O3)CCC(CN)CC1. The summed E-state index contributed by atoms with van der Waals surface area (Å²) in [5.41, 5.74) is 8.66. The van der Waals surface area contributed by atoms with Crippen molar-refractivity contribution < 1.29 is 46.3 Å². The van der Waals surface area contributed by atoms with Crippen LogP contribution in [-0.4, -0.2) is 92.8 Å². The van der Waals surface area contributed by atoms with Crippen LogP contribution in [0.2, 0.25) is 0 Å². The topological polar surface area (TPSA) is 282 Å². The van der Waals surface area contributed by atoms with E-state index in [4.69, 9.17) is 31.0 Å². The fourth-order valence-electron chi connectivity index (χ4n) is 6.38. The third-order valence-corrected chi connectivity index (χ3v) is 10.7. The zero-order valence-corrected chi connectivity index (χ0v) is 30.1. The lowest BCUT2D eigenvalue weighted by Gasteiger charge is -2.50. The second kappa shape index (κ2) is 14.0. The number of hydrogen-bond donors (Lipinski definition) is 7. The van der Waals surface area contributed by atoms with Gasteiger partial charge in [-0.3, -0.25) is 19.6 Å². The Labute approximate surface area is 298 Å². The average molecular weight is 751 g/mol. The second-order valence-electron chi connectivity index (χ2n) is 13.9. The molecule has 1 saturated carbocycles. The van der Waals surface area contributed by atoms with Crippen LogP contribution in [0.4, 0.5) is 5.13 Å². The third kappa shape index (κ3) is 7.93. The monoisotopic (exact) mass is 750 g/mol. The van der Waals surface area contributed by atoms with Gasteiger partial charge < -0.3 is 36.8 Å². The van der Waals surface area contributed by atoms with Crippen molar-refractivity contribution in [2.24, 2.45) is 16.8 Å². The Bertz CT molecular complexity index is 1860. The summed E-state index contributed by atoms with van der Waals surface area (Å²) in [5, 5.41) is 30.6. The first-order chi connectivity index (χ1) is 23.8.